The van der Waals surface area contributed by atoms with Crippen LogP contribution in [0.2, 0.25) is 13.1 Å². The molecule has 0 heterocycles. The summed E-state index contributed by atoms with van der Waals surface area (Å²) in [6.07, 6.45) is 3.36. The molecule has 1 aliphatic rings. The van der Waals surface area contributed by atoms with Crippen LogP contribution in [0.1, 0.15) is 38.8 Å². The monoisotopic (exact) mass is 558 g/mol. The van der Waals surface area contributed by atoms with E-state index in [0.29, 0.717) is 5.92 Å². The van der Waals surface area contributed by atoms with Crippen molar-refractivity contribution in [2.45, 2.75) is 54.6 Å². The predicted octanol–water partition coefficient (Wildman–Crippen LogP) is 2.36. The van der Waals surface area contributed by atoms with Crippen LogP contribution in [0.5, 0.6) is 0 Å². The van der Waals surface area contributed by atoms with E-state index in [0.717, 1.165) is 0 Å². The smallest absolute Gasteiger partial charge is 0.0487 e. The van der Waals surface area contributed by atoms with Crippen LogP contribution >= 0.6 is 0 Å². The first kappa shape index (κ1) is 31.2. The Morgan fingerprint density at radius 3 is 1.84 bits per heavy atom. The summed E-state index contributed by atoms with van der Waals surface area (Å²) in [5.74, 6) is 0.560. The molecule has 0 saturated heterocycles. The number of halogens is 2. The van der Waals surface area contributed by atoms with Crippen molar-refractivity contribution in [3.8, 4) is 11.1 Å². The molecule has 0 N–H and O–H groups in total. The molecule has 3 aromatic rings. The molecule has 170 valence electrons. The molecule has 32 heavy (non-hydrogen) atoms. The Hall–Kier alpha value is -0.790. The van der Waals surface area contributed by atoms with Crippen molar-refractivity contribution in [1.82, 2.24) is 0 Å². The van der Waals surface area contributed by atoms with Crippen molar-refractivity contribution in [3.63, 3.8) is 0 Å². The number of aryl methyl sites for hydroxylation is 2. The van der Waals surface area contributed by atoms with Crippen LogP contribution in [-0.2, 0) is 23.3 Å². The number of hydrogen-bond donors (Lipinski definition) is 0. The maximum atomic E-state index is 3.36. The van der Waals surface area contributed by atoms with Crippen LogP contribution in [0.15, 0.2) is 71.3 Å². The molecule has 1 atom stereocenters. The fraction of sp³-hybridized carbons (Fsp3) is 0.321. The number of allylic oxidation sites excluding steroid dienone is 4. The van der Waals surface area contributed by atoms with E-state index in [1.807, 2.05) is 0 Å². The quantitative estimate of drug-likeness (QED) is 0.317. The summed E-state index contributed by atoms with van der Waals surface area (Å²) < 4.78 is 0. The molecule has 4 rings (SSSR count). The summed E-state index contributed by atoms with van der Waals surface area (Å²) in [7, 11) is 0. The molecule has 0 spiro atoms. The van der Waals surface area contributed by atoms with Gasteiger partial charge in [-0.25, -0.2) is 5.57 Å². The van der Waals surface area contributed by atoms with Gasteiger partial charge in [-0.3, -0.25) is 6.08 Å². The Morgan fingerprint density at radius 2 is 1.41 bits per heavy atom. The average molecular weight is 561 g/mol. The fourth-order valence-corrected chi connectivity index (χ4v) is 3.68. The van der Waals surface area contributed by atoms with Gasteiger partial charge in [0.25, 0.3) is 0 Å². The first-order chi connectivity index (χ1) is 14.1. The molecule has 0 fully saturated rings. The Morgan fingerprint density at radius 1 is 0.875 bits per heavy atom. The number of hydrogen-bond acceptors (Lipinski definition) is 0. The van der Waals surface area contributed by atoms with Gasteiger partial charge in [-0.05, 0) is 6.92 Å². The standard InChI is InChI=1S/C17H15.C9H13.C2H6Si.2ClH.Zr/c1-12-8-9-13(2)17-15(12)10-11-16(17)14-6-4-3-5-7-14;1-6-5-7(2)9(4)8(6)3;1-3-2;;;/h3-11H,1-2H3;6H,1-4H3;1-2H3;2*1H;/q2*-1;;;;+2/p-2. The fourth-order valence-electron chi connectivity index (χ4n) is 3.68. The van der Waals surface area contributed by atoms with Crippen molar-refractivity contribution >= 4 is 16.2 Å². The van der Waals surface area contributed by atoms with Gasteiger partial charge in [-0.2, -0.15) is 11.1 Å². The van der Waals surface area contributed by atoms with E-state index in [1.54, 1.807) is 23.3 Å². The minimum Gasteiger partial charge on any atom is -1.00 e. The van der Waals surface area contributed by atoms with E-state index in [1.165, 1.54) is 49.7 Å². The predicted molar refractivity (Wildman–Crippen MR) is 132 cm³/mol. The number of fused-ring (bicyclic) bond motifs is 1. The van der Waals surface area contributed by atoms with E-state index in [9.17, 15) is 0 Å². The summed E-state index contributed by atoms with van der Waals surface area (Å²) >= 11 is 1.74. The number of rotatable bonds is 1. The largest absolute Gasteiger partial charge is 1.00 e. The van der Waals surface area contributed by atoms with Crippen molar-refractivity contribution in [2.75, 3.05) is 0 Å². The molecule has 3 aromatic carbocycles. The molecule has 0 nitrogen and oxygen atoms in total. The Balaban J connectivity index is 0.000000547. The summed E-state index contributed by atoms with van der Waals surface area (Å²) in [6.45, 7) is 17.7. The van der Waals surface area contributed by atoms with Crippen molar-refractivity contribution < 1.29 is 48.1 Å². The Labute approximate surface area is 223 Å². The molecule has 4 heteroatoms. The summed E-state index contributed by atoms with van der Waals surface area (Å²) in [5.41, 5.74) is 9.82. The van der Waals surface area contributed by atoms with E-state index < -0.39 is 0 Å². The molecule has 0 radical (unpaired) electrons. The van der Waals surface area contributed by atoms with Gasteiger partial charge in [0, 0.05) is 0 Å². The van der Waals surface area contributed by atoms with E-state index >= 15 is 0 Å². The summed E-state index contributed by atoms with van der Waals surface area (Å²) in [4.78, 5) is 0. The van der Waals surface area contributed by atoms with Gasteiger partial charge < -0.3 is 24.8 Å². The van der Waals surface area contributed by atoms with Crippen molar-refractivity contribution in [3.05, 3.63) is 88.5 Å². The maximum Gasteiger partial charge on any atom is -0.0487 e. The second-order valence-electron chi connectivity index (χ2n) is 8.40. The maximum absolute atomic E-state index is 3.36. The molecule has 1 unspecified atom stereocenters. The van der Waals surface area contributed by atoms with Gasteiger partial charge in [0.15, 0.2) is 0 Å². The zero-order chi connectivity index (χ0) is 22.4. The molecule has 0 saturated carbocycles. The van der Waals surface area contributed by atoms with Gasteiger partial charge in [-0.1, -0.05) is 81.1 Å². The van der Waals surface area contributed by atoms with Gasteiger partial charge in [0.1, 0.15) is 0 Å². The summed E-state index contributed by atoms with van der Waals surface area (Å²) in [6, 6.07) is 19.5. The van der Waals surface area contributed by atoms with Gasteiger partial charge in [0.2, 0.25) is 0 Å². The number of benzene rings is 2. The first-order valence-electron chi connectivity index (χ1n) is 10.6. The van der Waals surface area contributed by atoms with E-state index in [4.69, 9.17) is 0 Å². The third-order valence-corrected chi connectivity index (χ3v) is 5.68. The zero-order valence-corrected chi connectivity index (χ0v) is 25.5. The third kappa shape index (κ3) is 8.21. The van der Waals surface area contributed by atoms with Crippen molar-refractivity contribution in [2.24, 2.45) is 5.92 Å². The molecule has 1 aliphatic carbocycles. The molecular formula is C28H34Cl2SiZr-2. The van der Waals surface area contributed by atoms with Gasteiger partial charge in [0.05, 0.1) is 0 Å². The Kier molecular flexibility index (Phi) is 14.1. The minimum atomic E-state index is 0. The second kappa shape index (κ2) is 14.5. The molecule has 0 bridgehead atoms. The third-order valence-electron chi connectivity index (χ3n) is 5.68. The molecule has 0 aliphatic heterocycles. The second-order valence-corrected chi connectivity index (χ2v) is 17.8. The summed E-state index contributed by atoms with van der Waals surface area (Å²) in [5, 5.41) is 2.78. The van der Waals surface area contributed by atoms with Gasteiger partial charge in [-0.15, -0.1) is 47.0 Å². The molecular weight excluding hydrogens is 527 g/mol. The average Bonchev–Trinajstić information content (AvgIpc) is 3.25. The first-order valence-corrected chi connectivity index (χ1v) is 16.8. The Bertz CT molecular complexity index is 1090. The normalized spacial score (nSPS) is 14.3. The zero-order valence-electron chi connectivity index (χ0n) is 20.5. The van der Waals surface area contributed by atoms with Crippen LogP contribution < -0.4 is 24.8 Å². The SMILES string of the molecule is CC1=[C-]C(C)C(C)=C1C.C[Si](C)=[Zr+2].Cc1ccc(C)c2c(-c3ccccc3)c[cH-]c12.[Cl-].[Cl-]. The van der Waals surface area contributed by atoms with Crippen LogP contribution in [0.4, 0.5) is 0 Å². The molecule has 0 amide bonds. The van der Waals surface area contributed by atoms with Gasteiger partial charge >= 0.3 is 41.9 Å². The van der Waals surface area contributed by atoms with Crippen LogP contribution in [0.3, 0.4) is 0 Å². The van der Waals surface area contributed by atoms with Crippen molar-refractivity contribution in [1.29, 1.82) is 0 Å². The van der Waals surface area contributed by atoms with Crippen LogP contribution in [0.25, 0.3) is 21.9 Å². The van der Waals surface area contributed by atoms with Crippen LogP contribution in [-0.4, -0.2) is 5.43 Å². The van der Waals surface area contributed by atoms with E-state index in [2.05, 4.69) is 115 Å². The van der Waals surface area contributed by atoms with Crippen LogP contribution in [0, 0.1) is 25.8 Å². The van der Waals surface area contributed by atoms with E-state index in [-0.39, 0.29) is 30.2 Å². The topological polar surface area (TPSA) is 0 Å². The minimum absolute atomic E-state index is 0. The molecule has 0 aromatic heterocycles.